The average Bonchev–Trinajstić information content (AvgIpc) is 2.67. The SMILES string of the molecule is CC(=O)OC(=C\C=C\c1ccccc1)/C(=C\C=C\c1ccccc1)OC(C)=O. The molecule has 142 valence electrons. The molecule has 2 rings (SSSR count). The van der Waals surface area contributed by atoms with Crippen LogP contribution in [0.2, 0.25) is 0 Å². The zero-order valence-electron chi connectivity index (χ0n) is 15.9. The van der Waals surface area contributed by atoms with Crippen molar-refractivity contribution in [1.82, 2.24) is 0 Å². The topological polar surface area (TPSA) is 52.6 Å². The lowest BCUT2D eigenvalue weighted by atomic mass is 10.2. The molecule has 0 unspecified atom stereocenters. The van der Waals surface area contributed by atoms with Gasteiger partial charge in [-0.2, -0.15) is 0 Å². The second-order valence-corrected chi connectivity index (χ2v) is 5.79. The fourth-order valence-electron chi connectivity index (χ4n) is 2.26. The van der Waals surface area contributed by atoms with Crippen LogP contribution in [-0.4, -0.2) is 11.9 Å². The highest BCUT2D eigenvalue weighted by atomic mass is 16.6. The molecule has 28 heavy (non-hydrogen) atoms. The zero-order valence-corrected chi connectivity index (χ0v) is 15.9. The molecule has 0 saturated carbocycles. The minimum atomic E-state index is -0.510. The van der Waals surface area contributed by atoms with Gasteiger partial charge in [0.1, 0.15) is 0 Å². The molecule has 0 aromatic heterocycles. The summed E-state index contributed by atoms with van der Waals surface area (Å²) in [6.07, 6.45) is 10.3. The van der Waals surface area contributed by atoms with Gasteiger partial charge in [-0.15, -0.1) is 0 Å². The highest BCUT2D eigenvalue weighted by Crippen LogP contribution is 2.16. The number of carbonyl (C=O) groups excluding carboxylic acids is 2. The van der Waals surface area contributed by atoms with Gasteiger partial charge in [-0.25, -0.2) is 0 Å². The fourth-order valence-corrected chi connectivity index (χ4v) is 2.26. The standard InChI is InChI=1S/C24H22O4/c1-19(25)27-23(17-9-15-21-11-5-3-6-12-21)24(28-20(2)26)18-10-16-22-13-7-4-8-14-22/h3-18H,1-2H3/b15-9+,16-10+,23-17-,24-18+. The van der Waals surface area contributed by atoms with Crippen LogP contribution in [0.1, 0.15) is 25.0 Å². The second kappa shape index (κ2) is 11.1. The summed E-state index contributed by atoms with van der Waals surface area (Å²) >= 11 is 0. The maximum Gasteiger partial charge on any atom is 0.308 e. The number of rotatable bonds is 7. The van der Waals surface area contributed by atoms with Crippen molar-refractivity contribution >= 4 is 24.1 Å². The summed E-state index contributed by atoms with van der Waals surface area (Å²) in [5.41, 5.74) is 1.98. The van der Waals surface area contributed by atoms with E-state index in [0.29, 0.717) is 0 Å². The van der Waals surface area contributed by atoms with Crippen molar-refractivity contribution < 1.29 is 19.1 Å². The molecule has 0 atom stereocenters. The van der Waals surface area contributed by atoms with Crippen molar-refractivity contribution in [3.05, 3.63) is 108 Å². The summed E-state index contributed by atoms with van der Waals surface area (Å²) < 4.78 is 10.5. The predicted molar refractivity (Wildman–Crippen MR) is 111 cm³/mol. The summed E-state index contributed by atoms with van der Waals surface area (Å²) in [6, 6.07) is 19.3. The van der Waals surface area contributed by atoms with Gasteiger partial charge in [0.05, 0.1) is 0 Å². The molecule has 0 radical (unpaired) electrons. The molecule has 0 heterocycles. The Morgan fingerprint density at radius 1 is 0.643 bits per heavy atom. The molecule has 0 spiro atoms. The number of esters is 2. The summed E-state index contributed by atoms with van der Waals surface area (Å²) in [5, 5.41) is 0. The first kappa shape index (κ1) is 20.6. The molecule has 2 aromatic carbocycles. The molecule has 0 amide bonds. The Bertz CT molecular complexity index is 827. The first-order valence-corrected chi connectivity index (χ1v) is 8.78. The molecule has 0 aliphatic rings. The highest BCUT2D eigenvalue weighted by molar-refractivity contribution is 5.71. The first-order valence-electron chi connectivity index (χ1n) is 8.78. The van der Waals surface area contributed by atoms with Crippen LogP contribution in [0, 0.1) is 0 Å². The van der Waals surface area contributed by atoms with E-state index in [1.807, 2.05) is 72.8 Å². The van der Waals surface area contributed by atoms with Gasteiger partial charge in [0.25, 0.3) is 0 Å². The smallest absolute Gasteiger partial charge is 0.308 e. The normalized spacial score (nSPS) is 12.4. The van der Waals surface area contributed by atoms with Crippen molar-refractivity contribution in [1.29, 1.82) is 0 Å². The Morgan fingerprint density at radius 2 is 1.00 bits per heavy atom. The van der Waals surface area contributed by atoms with Crippen molar-refractivity contribution in [2.75, 3.05) is 0 Å². The van der Waals surface area contributed by atoms with Gasteiger partial charge in [0.2, 0.25) is 0 Å². The largest absolute Gasteiger partial charge is 0.423 e. The van der Waals surface area contributed by atoms with Crippen LogP contribution < -0.4 is 0 Å². The van der Waals surface area contributed by atoms with Gasteiger partial charge in [-0.05, 0) is 23.3 Å². The van der Waals surface area contributed by atoms with Crippen LogP contribution in [0.15, 0.2) is 96.5 Å². The van der Waals surface area contributed by atoms with Crippen molar-refractivity contribution in [2.45, 2.75) is 13.8 Å². The maximum absolute atomic E-state index is 11.5. The third kappa shape index (κ3) is 7.70. The monoisotopic (exact) mass is 374 g/mol. The first-order chi connectivity index (χ1) is 13.5. The number of carbonyl (C=O) groups is 2. The van der Waals surface area contributed by atoms with Gasteiger partial charge >= 0.3 is 11.9 Å². The third-order valence-corrected chi connectivity index (χ3v) is 3.42. The van der Waals surface area contributed by atoms with E-state index < -0.39 is 11.9 Å². The van der Waals surface area contributed by atoms with Gasteiger partial charge in [0.15, 0.2) is 11.5 Å². The second-order valence-electron chi connectivity index (χ2n) is 5.79. The molecular formula is C24H22O4. The fraction of sp³-hybridized carbons (Fsp3) is 0.0833. The molecule has 0 bridgehead atoms. The Balaban J connectivity index is 2.30. The minimum absolute atomic E-state index is 0.146. The van der Waals surface area contributed by atoms with Crippen molar-refractivity contribution in [3.8, 4) is 0 Å². The van der Waals surface area contributed by atoms with Gasteiger partial charge in [0, 0.05) is 13.8 Å². The van der Waals surface area contributed by atoms with E-state index in [2.05, 4.69) is 0 Å². The van der Waals surface area contributed by atoms with Gasteiger partial charge in [-0.1, -0.05) is 85.0 Å². The Kier molecular flexibility index (Phi) is 8.21. The van der Waals surface area contributed by atoms with Crippen LogP contribution >= 0.6 is 0 Å². The predicted octanol–water partition coefficient (Wildman–Crippen LogP) is 5.31. The summed E-state index contributed by atoms with van der Waals surface area (Å²) in [6.45, 7) is 2.58. The lowest BCUT2D eigenvalue weighted by Crippen LogP contribution is -2.07. The molecular weight excluding hydrogens is 352 g/mol. The molecule has 0 aliphatic carbocycles. The van der Waals surface area contributed by atoms with E-state index >= 15 is 0 Å². The van der Waals surface area contributed by atoms with E-state index in [1.165, 1.54) is 13.8 Å². The molecule has 0 fully saturated rings. The van der Waals surface area contributed by atoms with Crippen LogP contribution in [0.3, 0.4) is 0 Å². The minimum Gasteiger partial charge on any atom is -0.423 e. The number of allylic oxidation sites excluding steroid dienone is 4. The molecule has 0 saturated heterocycles. The molecule has 0 N–H and O–H groups in total. The number of hydrogen-bond acceptors (Lipinski definition) is 4. The summed E-state index contributed by atoms with van der Waals surface area (Å²) in [4.78, 5) is 23.0. The lowest BCUT2D eigenvalue weighted by Gasteiger charge is -2.10. The Labute approximate surface area is 165 Å². The lowest BCUT2D eigenvalue weighted by molar-refractivity contribution is -0.141. The maximum atomic E-state index is 11.5. The Hall–Kier alpha value is -3.66. The van der Waals surface area contributed by atoms with Crippen LogP contribution in [0.5, 0.6) is 0 Å². The van der Waals surface area contributed by atoms with Crippen LogP contribution in [0.4, 0.5) is 0 Å². The quantitative estimate of drug-likeness (QED) is 0.374. The highest BCUT2D eigenvalue weighted by Gasteiger charge is 2.12. The average molecular weight is 374 g/mol. The zero-order chi connectivity index (χ0) is 20.2. The summed E-state index contributed by atoms with van der Waals surface area (Å²) in [7, 11) is 0. The van der Waals surface area contributed by atoms with Crippen LogP contribution in [-0.2, 0) is 19.1 Å². The van der Waals surface area contributed by atoms with Gasteiger partial charge < -0.3 is 9.47 Å². The molecule has 0 aliphatic heterocycles. The van der Waals surface area contributed by atoms with E-state index in [4.69, 9.17) is 9.47 Å². The van der Waals surface area contributed by atoms with Crippen molar-refractivity contribution in [3.63, 3.8) is 0 Å². The van der Waals surface area contributed by atoms with E-state index in [9.17, 15) is 9.59 Å². The van der Waals surface area contributed by atoms with Gasteiger partial charge in [-0.3, -0.25) is 9.59 Å². The molecule has 4 heteroatoms. The number of ether oxygens (including phenoxy) is 2. The van der Waals surface area contributed by atoms with E-state index in [1.54, 1.807) is 24.3 Å². The van der Waals surface area contributed by atoms with Crippen molar-refractivity contribution in [2.24, 2.45) is 0 Å². The van der Waals surface area contributed by atoms with Crippen LogP contribution in [0.25, 0.3) is 12.2 Å². The number of hydrogen-bond donors (Lipinski definition) is 0. The Morgan fingerprint density at radius 3 is 1.32 bits per heavy atom. The molecule has 2 aromatic rings. The van der Waals surface area contributed by atoms with E-state index in [-0.39, 0.29) is 11.5 Å². The molecule has 4 nitrogen and oxygen atoms in total. The number of benzene rings is 2. The summed E-state index contributed by atoms with van der Waals surface area (Å²) in [5.74, 6) is -0.728. The third-order valence-electron chi connectivity index (χ3n) is 3.42. The van der Waals surface area contributed by atoms with E-state index in [0.717, 1.165) is 11.1 Å².